The van der Waals surface area contributed by atoms with Crippen molar-refractivity contribution in [3.8, 4) is 39.3 Å². The third kappa shape index (κ3) is 5.11. The Kier molecular flexibility index (Phi) is 7.31. The van der Waals surface area contributed by atoms with Crippen LogP contribution in [0, 0.1) is 0 Å². The molecule has 0 aliphatic carbocycles. The molecule has 0 unspecified atom stereocenters. The van der Waals surface area contributed by atoms with Gasteiger partial charge in [0.05, 0.1) is 38.8 Å². The summed E-state index contributed by atoms with van der Waals surface area (Å²) in [5.41, 5.74) is 15.5. The van der Waals surface area contributed by atoms with E-state index >= 15 is 0 Å². The van der Waals surface area contributed by atoms with Crippen LogP contribution in [-0.2, 0) is 0 Å². The molecule has 3 heteroatoms. The number of benzene rings is 10. The molecule has 0 radical (unpaired) electrons. The molecule has 0 saturated carbocycles. The highest BCUT2D eigenvalue weighted by atomic mass is 15.0. The average Bonchev–Trinajstić information content (AvgIpc) is 3.96. The maximum atomic E-state index is 2.49. The Balaban J connectivity index is 1.06. The van der Waals surface area contributed by atoms with Crippen molar-refractivity contribution in [2.24, 2.45) is 0 Å². The molecule has 284 valence electrons. The maximum absolute atomic E-state index is 2.49. The molecule has 0 saturated heterocycles. The Labute approximate surface area is 352 Å². The smallest absolute Gasteiger partial charge is 0.0549 e. The minimum absolute atomic E-state index is 1.15. The quantitative estimate of drug-likeness (QED) is 0.165. The van der Waals surface area contributed by atoms with Gasteiger partial charge in [0.2, 0.25) is 0 Å². The molecule has 0 bridgehead atoms. The van der Waals surface area contributed by atoms with E-state index < -0.39 is 0 Å². The zero-order valence-corrected chi connectivity index (χ0v) is 33.2. The summed E-state index contributed by atoms with van der Waals surface area (Å²) in [6.45, 7) is 0. The van der Waals surface area contributed by atoms with Gasteiger partial charge in [0.1, 0.15) is 0 Å². The highest BCUT2D eigenvalue weighted by Gasteiger charge is 2.21. The fourth-order valence-corrected chi connectivity index (χ4v) is 10.1. The first kappa shape index (κ1) is 33.8. The average molecular weight is 776 g/mol. The lowest BCUT2D eigenvalue weighted by Gasteiger charge is -2.12. The van der Waals surface area contributed by atoms with Gasteiger partial charge in [0, 0.05) is 49.1 Å². The van der Waals surface area contributed by atoms with Gasteiger partial charge in [-0.25, -0.2) is 0 Å². The van der Waals surface area contributed by atoms with Crippen LogP contribution in [0.5, 0.6) is 0 Å². The fourth-order valence-electron chi connectivity index (χ4n) is 10.1. The molecule has 0 spiro atoms. The van der Waals surface area contributed by atoms with Crippen LogP contribution in [0.1, 0.15) is 0 Å². The summed E-state index contributed by atoms with van der Waals surface area (Å²) < 4.78 is 7.33. The van der Waals surface area contributed by atoms with E-state index in [2.05, 4.69) is 238 Å². The van der Waals surface area contributed by atoms with Crippen LogP contribution >= 0.6 is 0 Å². The summed E-state index contributed by atoms with van der Waals surface area (Å²) in [5.74, 6) is 0. The Hall–Kier alpha value is -8.14. The van der Waals surface area contributed by atoms with Crippen LogP contribution in [0.4, 0.5) is 0 Å². The molecule has 0 N–H and O–H groups in total. The lowest BCUT2D eigenvalue weighted by molar-refractivity contribution is 1.18. The SMILES string of the molecule is c1ccc(-c2cccc(-n3c4ccccc4c4cc(-c5ccc6c(c5)c5cc7c(cc5n6-c5cccc6ccccc56)c5ccccc5n7-c5ccccc5)ccc43)c2)cc1. The molecule has 10 aromatic carbocycles. The molecule has 0 aliphatic rings. The zero-order valence-electron chi connectivity index (χ0n) is 33.2. The molecule has 0 aliphatic heterocycles. The van der Waals surface area contributed by atoms with Gasteiger partial charge >= 0.3 is 0 Å². The molecular formula is C58H37N3. The highest BCUT2D eigenvalue weighted by Crippen LogP contribution is 2.43. The van der Waals surface area contributed by atoms with Crippen molar-refractivity contribution in [2.75, 3.05) is 0 Å². The van der Waals surface area contributed by atoms with E-state index in [0.29, 0.717) is 0 Å². The van der Waals surface area contributed by atoms with Crippen molar-refractivity contribution in [3.63, 3.8) is 0 Å². The lowest BCUT2D eigenvalue weighted by atomic mass is 10.00. The Bertz CT molecular complexity index is 3860. The van der Waals surface area contributed by atoms with Crippen LogP contribution in [-0.4, -0.2) is 13.7 Å². The van der Waals surface area contributed by atoms with Crippen LogP contribution < -0.4 is 0 Å². The predicted molar refractivity (Wildman–Crippen MR) is 258 cm³/mol. The molecule has 0 amide bonds. The van der Waals surface area contributed by atoms with Gasteiger partial charge in [-0.1, -0.05) is 146 Å². The Morgan fingerprint density at radius 2 is 0.656 bits per heavy atom. The van der Waals surface area contributed by atoms with E-state index in [1.807, 2.05) is 0 Å². The molecular weight excluding hydrogens is 739 g/mol. The van der Waals surface area contributed by atoms with Crippen LogP contribution in [0.3, 0.4) is 0 Å². The van der Waals surface area contributed by atoms with Crippen molar-refractivity contribution >= 4 is 76.2 Å². The summed E-state index contributed by atoms with van der Waals surface area (Å²) in [7, 11) is 0. The van der Waals surface area contributed by atoms with E-state index in [9.17, 15) is 0 Å². The number of nitrogens with zero attached hydrogens (tertiary/aromatic N) is 3. The van der Waals surface area contributed by atoms with Crippen molar-refractivity contribution in [3.05, 3.63) is 224 Å². The highest BCUT2D eigenvalue weighted by molar-refractivity contribution is 6.20. The normalized spacial score (nSPS) is 11.9. The van der Waals surface area contributed by atoms with Gasteiger partial charge in [-0.2, -0.15) is 0 Å². The molecule has 0 fully saturated rings. The maximum Gasteiger partial charge on any atom is 0.0549 e. The van der Waals surface area contributed by atoms with Gasteiger partial charge in [-0.05, 0) is 107 Å². The second kappa shape index (κ2) is 13.2. The van der Waals surface area contributed by atoms with Crippen molar-refractivity contribution in [1.82, 2.24) is 13.7 Å². The molecule has 0 atom stereocenters. The van der Waals surface area contributed by atoms with E-state index in [4.69, 9.17) is 0 Å². The monoisotopic (exact) mass is 775 g/mol. The number of hydrogen-bond acceptors (Lipinski definition) is 0. The summed E-state index contributed by atoms with van der Waals surface area (Å²) in [5, 5.41) is 9.90. The second-order valence-corrected chi connectivity index (χ2v) is 16.1. The van der Waals surface area contributed by atoms with Crippen LogP contribution in [0.2, 0.25) is 0 Å². The summed E-state index contributed by atoms with van der Waals surface area (Å²) in [4.78, 5) is 0. The van der Waals surface area contributed by atoms with Crippen LogP contribution in [0.25, 0.3) is 116 Å². The Morgan fingerprint density at radius 3 is 1.38 bits per heavy atom. The molecule has 13 rings (SSSR count). The first-order chi connectivity index (χ1) is 30.3. The number of rotatable bonds is 5. The van der Waals surface area contributed by atoms with E-state index in [-0.39, 0.29) is 0 Å². The van der Waals surface area contributed by atoms with Gasteiger partial charge in [0.25, 0.3) is 0 Å². The van der Waals surface area contributed by atoms with E-state index in [0.717, 1.165) is 11.4 Å². The first-order valence-corrected chi connectivity index (χ1v) is 21.0. The first-order valence-electron chi connectivity index (χ1n) is 21.0. The minimum Gasteiger partial charge on any atom is -0.309 e. The second-order valence-electron chi connectivity index (χ2n) is 16.1. The number of aromatic nitrogens is 3. The van der Waals surface area contributed by atoms with Gasteiger partial charge in [0.15, 0.2) is 0 Å². The molecule has 3 nitrogen and oxygen atoms in total. The number of fused-ring (bicyclic) bond motifs is 10. The Morgan fingerprint density at radius 1 is 0.213 bits per heavy atom. The summed E-state index contributed by atoms with van der Waals surface area (Å²) in [6.07, 6.45) is 0. The van der Waals surface area contributed by atoms with Crippen molar-refractivity contribution in [1.29, 1.82) is 0 Å². The molecule has 3 aromatic heterocycles. The topological polar surface area (TPSA) is 14.8 Å². The molecule has 61 heavy (non-hydrogen) atoms. The van der Waals surface area contributed by atoms with Gasteiger partial charge in [-0.3, -0.25) is 0 Å². The number of para-hydroxylation sites is 3. The largest absolute Gasteiger partial charge is 0.309 e. The zero-order chi connectivity index (χ0) is 40.0. The van der Waals surface area contributed by atoms with Crippen LogP contribution in [0.15, 0.2) is 224 Å². The lowest BCUT2D eigenvalue weighted by Crippen LogP contribution is -1.95. The molecule has 13 aromatic rings. The standard InChI is InChI=1S/C58H37N3/c1-3-15-38(16-4-1)40-19-13-22-44(33-40)60-54-27-12-9-24-46(54)48-34-41(29-31-55(48)60)42-30-32-56-49(35-42)51-37-57-50(47-25-10-11-26-53(47)59(57)43-20-5-2-6-21-43)36-58(51)61(56)52-28-14-18-39-17-7-8-23-45(39)52/h1-37H. The van der Waals surface area contributed by atoms with Gasteiger partial charge in [-0.15, -0.1) is 0 Å². The molecule has 3 heterocycles. The predicted octanol–water partition coefficient (Wildman–Crippen LogP) is 15.5. The van der Waals surface area contributed by atoms with Gasteiger partial charge < -0.3 is 13.7 Å². The van der Waals surface area contributed by atoms with Crippen molar-refractivity contribution < 1.29 is 0 Å². The third-order valence-electron chi connectivity index (χ3n) is 12.8. The summed E-state index contributed by atoms with van der Waals surface area (Å²) >= 11 is 0. The van der Waals surface area contributed by atoms with Crippen molar-refractivity contribution in [2.45, 2.75) is 0 Å². The van der Waals surface area contributed by atoms with E-state index in [1.165, 1.54) is 104 Å². The van der Waals surface area contributed by atoms with E-state index in [1.54, 1.807) is 0 Å². The number of hydrogen-bond donors (Lipinski definition) is 0. The minimum atomic E-state index is 1.15. The third-order valence-corrected chi connectivity index (χ3v) is 12.8. The fraction of sp³-hybridized carbons (Fsp3) is 0. The summed E-state index contributed by atoms with van der Waals surface area (Å²) in [6, 6.07) is 82.3.